The molecular formula is C19H19NO2. The van der Waals surface area contributed by atoms with Gasteiger partial charge in [-0.1, -0.05) is 48.5 Å². The summed E-state index contributed by atoms with van der Waals surface area (Å²) in [6.45, 7) is 2.10. The average molecular weight is 293 g/mol. The largest absolute Gasteiger partial charge is 0.349 e. The van der Waals surface area contributed by atoms with Crippen LogP contribution in [-0.2, 0) is 11.2 Å². The van der Waals surface area contributed by atoms with Crippen LogP contribution in [-0.4, -0.2) is 23.0 Å². The van der Waals surface area contributed by atoms with E-state index in [9.17, 15) is 4.79 Å². The third kappa shape index (κ3) is 2.04. The molecule has 1 amide bonds. The molecule has 22 heavy (non-hydrogen) atoms. The first kappa shape index (κ1) is 13.5. The fourth-order valence-electron chi connectivity index (χ4n) is 3.56. The lowest BCUT2D eigenvalue weighted by atomic mass is 10.0. The standard InChI is InChI=1S/C19H19NO2/c1-13-17(12-11-14-7-3-2-4-8-14)22-19-16-10-6-5-9-15(16)18(21)20(13)19/h2-10,13,17,19H,11-12H2,1H3/t13-,17-,19-/m1/s1. The third-order valence-electron chi connectivity index (χ3n) is 4.79. The van der Waals surface area contributed by atoms with Crippen LogP contribution in [0.1, 0.15) is 41.1 Å². The number of nitrogens with zero attached hydrogens (tertiary/aromatic N) is 1. The molecular weight excluding hydrogens is 274 g/mol. The second-order valence-electron chi connectivity index (χ2n) is 6.09. The summed E-state index contributed by atoms with van der Waals surface area (Å²) in [5, 5.41) is 0. The fraction of sp³-hybridized carbons (Fsp3) is 0.316. The van der Waals surface area contributed by atoms with Crippen molar-refractivity contribution in [3.8, 4) is 0 Å². The minimum Gasteiger partial charge on any atom is -0.349 e. The first-order chi connectivity index (χ1) is 10.8. The predicted molar refractivity (Wildman–Crippen MR) is 84.5 cm³/mol. The lowest BCUT2D eigenvalue weighted by Gasteiger charge is -2.20. The van der Waals surface area contributed by atoms with Crippen LogP contribution >= 0.6 is 0 Å². The van der Waals surface area contributed by atoms with Crippen LogP contribution in [0.2, 0.25) is 0 Å². The summed E-state index contributed by atoms with van der Waals surface area (Å²) in [6.07, 6.45) is 1.82. The average Bonchev–Trinajstić information content (AvgIpc) is 3.03. The van der Waals surface area contributed by atoms with E-state index >= 15 is 0 Å². The van der Waals surface area contributed by atoms with E-state index in [1.165, 1.54) is 5.56 Å². The normalized spacial score (nSPS) is 26.1. The summed E-state index contributed by atoms with van der Waals surface area (Å²) in [6, 6.07) is 18.3. The highest BCUT2D eigenvalue weighted by Gasteiger charge is 2.48. The van der Waals surface area contributed by atoms with Crippen LogP contribution in [0.5, 0.6) is 0 Å². The minimum atomic E-state index is -0.195. The van der Waals surface area contributed by atoms with Crippen molar-refractivity contribution in [1.29, 1.82) is 0 Å². The van der Waals surface area contributed by atoms with E-state index in [0.29, 0.717) is 0 Å². The van der Waals surface area contributed by atoms with Crippen LogP contribution in [0.25, 0.3) is 0 Å². The maximum Gasteiger partial charge on any atom is 0.256 e. The lowest BCUT2D eigenvalue weighted by Crippen LogP contribution is -2.35. The molecule has 0 unspecified atom stereocenters. The van der Waals surface area contributed by atoms with Gasteiger partial charge >= 0.3 is 0 Å². The number of carbonyl (C=O) groups excluding carboxylic acids is 1. The molecule has 0 bridgehead atoms. The molecule has 112 valence electrons. The van der Waals surface area contributed by atoms with Crippen LogP contribution in [0, 0.1) is 0 Å². The van der Waals surface area contributed by atoms with Crippen molar-refractivity contribution in [2.24, 2.45) is 0 Å². The smallest absolute Gasteiger partial charge is 0.256 e. The Morgan fingerprint density at radius 3 is 2.59 bits per heavy atom. The van der Waals surface area contributed by atoms with Gasteiger partial charge in [0.2, 0.25) is 0 Å². The first-order valence-corrected chi connectivity index (χ1v) is 7.86. The summed E-state index contributed by atoms with van der Waals surface area (Å²) >= 11 is 0. The maximum atomic E-state index is 12.6. The SMILES string of the molecule is C[C@@H]1[C@@H](CCc2ccccc2)O[C@@H]2c3ccccc3C(=O)N21. The van der Waals surface area contributed by atoms with Crippen molar-refractivity contribution in [1.82, 2.24) is 4.90 Å². The van der Waals surface area contributed by atoms with Crippen LogP contribution in [0.15, 0.2) is 54.6 Å². The Bertz CT molecular complexity index is 698. The second kappa shape index (κ2) is 5.25. The summed E-state index contributed by atoms with van der Waals surface area (Å²) in [4.78, 5) is 14.5. The molecule has 2 aromatic rings. The van der Waals surface area contributed by atoms with Crippen LogP contribution in [0.4, 0.5) is 0 Å². The van der Waals surface area contributed by atoms with E-state index in [2.05, 4.69) is 31.2 Å². The highest BCUT2D eigenvalue weighted by Crippen LogP contribution is 2.43. The molecule has 2 aromatic carbocycles. The molecule has 2 aliphatic rings. The van der Waals surface area contributed by atoms with Gasteiger partial charge in [0.15, 0.2) is 6.23 Å². The Hall–Kier alpha value is -2.13. The number of aryl methyl sites for hydroxylation is 1. The number of hydrogen-bond acceptors (Lipinski definition) is 2. The monoisotopic (exact) mass is 293 g/mol. The summed E-state index contributed by atoms with van der Waals surface area (Å²) < 4.78 is 6.22. The third-order valence-corrected chi connectivity index (χ3v) is 4.79. The van der Waals surface area contributed by atoms with Gasteiger partial charge in [0, 0.05) is 11.1 Å². The van der Waals surface area contributed by atoms with Crippen LogP contribution < -0.4 is 0 Å². The zero-order chi connectivity index (χ0) is 15.1. The molecule has 2 aliphatic heterocycles. The number of amides is 1. The van der Waals surface area contributed by atoms with E-state index in [0.717, 1.165) is 24.0 Å². The van der Waals surface area contributed by atoms with Gasteiger partial charge in [0.25, 0.3) is 5.91 Å². The van der Waals surface area contributed by atoms with E-state index in [4.69, 9.17) is 4.74 Å². The van der Waals surface area contributed by atoms with Crippen molar-refractivity contribution < 1.29 is 9.53 Å². The van der Waals surface area contributed by atoms with E-state index in [-0.39, 0.29) is 24.3 Å². The summed E-state index contributed by atoms with van der Waals surface area (Å²) in [5.74, 6) is 0.107. The minimum absolute atomic E-state index is 0.0995. The summed E-state index contributed by atoms with van der Waals surface area (Å²) in [5.41, 5.74) is 3.12. The molecule has 3 heteroatoms. The molecule has 0 saturated carbocycles. The Labute approximate surface area is 130 Å². The van der Waals surface area contributed by atoms with Gasteiger partial charge < -0.3 is 9.64 Å². The van der Waals surface area contributed by atoms with Crippen molar-refractivity contribution in [3.63, 3.8) is 0 Å². The van der Waals surface area contributed by atoms with Gasteiger partial charge in [0.05, 0.1) is 12.1 Å². The van der Waals surface area contributed by atoms with Crippen molar-refractivity contribution in [2.75, 3.05) is 0 Å². The van der Waals surface area contributed by atoms with Gasteiger partial charge in [-0.05, 0) is 31.4 Å². The molecule has 3 atom stereocenters. The van der Waals surface area contributed by atoms with E-state index in [1.807, 2.05) is 35.2 Å². The van der Waals surface area contributed by atoms with Crippen LogP contribution in [0.3, 0.4) is 0 Å². The number of benzene rings is 2. The molecule has 3 nitrogen and oxygen atoms in total. The van der Waals surface area contributed by atoms with Gasteiger partial charge in [0.1, 0.15) is 0 Å². The molecule has 0 aliphatic carbocycles. The number of hydrogen-bond donors (Lipinski definition) is 0. The molecule has 1 saturated heterocycles. The Morgan fingerprint density at radius 1 is 1.05 bits per heavy atom. The van der Waals surface area contributed by atoms with Crippen molar-refractivity contribution in [2.45, 2.75) is 38.1 Å². The van der Waals surface area contributed by atoms with Crippen molar-refractivity contribution in [3.05, 3.63) is 71.3 Å². The lowest BCUT2D eigenvalue weighted by molar-refractivity contribution is 0.00746. The second-order valence-corrected chi connectivity index (χ2v) is 6.09. The predicted octanol–water partition coefficient (Wildman–Crippen LogP) is 3.56. The fourth-order valence-corrected chi connectivity index (χ4v) is 3.56. The summed E-state index contributed by atoms with van der Waals surface area (Å²) in [7, 11) is 0. The van der Waals surface area contributed by atoms with E-state index in [1.54, 1.807) is 0 Å². The zero-order valence-corrected chi connectivity index (χ0v) is 12.6. The van der Waals surface area contributed by atoms with Crippen molar-refractivity contribution >= 4 is 5.91 Å². The zero-order valence-electron chi connectivity index (χ0n) is 12.6. The molecule has 4 rings (SSSR count). The van der Waals surface area contributed by atoms with Gasteiger partial charge in [-0.3, -0.25) is 4.79 Å². The number of ether oxygens (including phenoxy) is 1. The van der Waals surface area contributed by atoms with Gasteiger partial charge in [-0.25, -0.2) is 0 Å². The number of fused-ring (bicyclic) bond motifs is 3. The maximum absolute atomic E-state index is 12.6. The Balaban J connectivity index is 1.52. The molecule has 2 heterocycles. The van der Waals surface area contributed by atoms with Gasteiger partial charge in [-0.15, -0.1) is 0 Å². The number of carbonyl (C=O) groups is 1. The van der Waals surface area contributed by atoms with E-state index < -0.39 is 0 Å². The number of rotatable bonds is 3. The molecule has 0 N–H and O–H groups in total. The first-order valence-electron chi connectivity index (χ1n) is 7.86. The highest BCUT2D eigenvalue weighted by atomic mass is 16.5. The Morgan fingerprint density at radius 2 is 1.77 bits per heavy atom. The Kier molecular flexibility index (Phi) is 3.23. The quantitative estimate of drug-likeness (QED) is 0.866. The topological polar surface area (TPSA) is 29.5 Å². The molecule has 0 spiro atoms. The molecule has 0 radical (unpaired) electrons. The highest BCUT2D eigenvalue weighted by molar-refractivity contribution is 5.99. The van der Waals surface area contributed by atoms with Gasteiger partial charge in [-0.2, -0.15) is 0 Å². The molecule has 0 aromatic heterocycles. The molecule has 1 fully saturated rings.